The van der Waals surface area contributed by atoms with Crippen LogP contribution in [0.5, 0.6) is 11.5 Å². The molecule has 5 heteroatoms. The fourth-order valence-electron chi connectivity index (χ4n) is 2.65. The summed E-state index contributed by atoms with van der Waals surface area (Å²) in [6.45, 7) is 1.68. The number of benzene rings is 1. The van der Waals surface area contributed by atoms with Crippen molar-refractivity contribution in [2.75, 3.05) is 7.11 Å². The van der Waals surface area contributed by atoms with E-state index in [9.17, 15) is 4.79 Å². The molecular weight excluding hydrogens is 292 g/mol. The van der Waals surface area contributed by atoms with E-state index in [-0.39, 0.29) is 6.10 Å². The van der Waals surface area contributed by atoms with Crippen LogP contribution in [0.3, 0.4) is 0 Å². The molecule has 0 aromatic heterocycles. The minimum Gasteiger partial charge on any atom is -0.491 e. The Morgan fingerprint density at radius 2 is 2.10 bits per heavy atom. The van der Waals surface area contributed by atoms with Gasteiger partial charge in [0.25, 0.3) is 0 Å². The summed E-state index contributed by atoms with van der Waals surface area (Å²) >= 11 is 6.23. The first-order chi connectivity index (χ1) is 10.0. The summed E-state index contributed by atoms with van der Waals surface area (Å²) in [6.07, 6.45) is 5.04. The molecule has 0 spiro atoms. The second-order valence-electron chi connectivity index (χ2n) is 5.58. The van der Waals surface area contributed by atoms with Crippen LogP contribution in [0.4, 0.5) is 0 Å². The van der Waals surface area contributed by atoms with E-state index in [0.717, 1.165) is 18.4 Å². The maximum absolute atomic E-state index is 11.0. The van der Waals surface area contributed by atoms with E-state index in [1.165, 1.54) is 12.8 Å². The lowest BCUT2D eigenvalue weighted by Gasteiger charge is -2.18. The molecule has 1 aromatic carbocycles. The summed E-state index contributed by atoms with van der Waals surface area (Å²) in [5.74, 6) is -0.145. The topological polar surface area (TPSA) is 55.8 Å². The highest BCUT2D eigenvalue weighted by Gasteiger charge is 2.21. The summed E-state index contributed by atoms with van der Waals surface area (Å²) in [6, 6.07) is 3.60. The fourth-order valence-corrected chi connectivity index (χ4v) is 2.96. The molecule has 116 valence electrons. The van der Waals surface area contributed by atoms with Gasteiger partial charge in [-0.1, -0.05) is 18.5 Å². The number of hydrogen-bond acceptors (Lipinski definition) is 3. The molecule has 0 bridgehead atoms. The third-order valence-corrected chi connectivity index (χ3v) is 4.11. The number of methoxy groups -OCH3 is 1. The minimum atomic E-state index is -0.819. The molecule has 0 radical (unpaired) electrons. The fraction of sp³-hybridized carbons (Fsp3) is 0.562. The van der Waals surface area contributed by atoms with Gasteiger partial charge in [-0.25, -0.2) is 0 Å². The van der Waals surface area contributed by atoms with E-state index in [0.29, 0.717) is 22.9 Å². The third-order valence-electron chi connectivity index (χ3n) is 3.83. The van der Waals surface area contributed by atoms with Crippen molar-refractivity contribution >= 4 is 17.6 Å². The van der Waals surface area contributed by atoms with Crippen LogP contribution in [0.2, 0.25) is 5.02 Å². The highest BCUT2D eigenvalue weighted by atomic mass is 35.5. The van der Waals surface area contributed by atoms with Crippen molar-refractivity contribution in [1.29, 1.82) is 0 Å². The molecule has 0 amide bonds. The van der Waals surface area contributed by atoms with Gasteiger partial charge in [-0.15, -0.1) is 0 Å². The maximum Gasteiger partial charge on any atom is 0.306 e. The average Bonchev–Trinajstić information content (AvgIpc) is 2.91. The predicted octanol–water partition coefficient (Wildman–Crippen LogP) is 3.93. The summed E-state index contributed by atoms with van der Waals surface area (Å²) in [7, 11) is 1.56. The Morgan fingerprint density at radius 1 is 1.43 bits per heavy atom. The standard InChI is InChI=1S/C16H21ClO4/c1-10(16(18)19)7-11-8-13(17)15(20-2)14(9-11)21-12-5-3-4-6-12/h8-10,12H,3-7H2,1-2H3,(H,18,19). The van der Waals surface area contributed by atoms with Gasteiger partial charge in [-0.2, -0.15) is 0 Å². The number of carbonyl (C=O) groups is 1. The highest BCUT2D eigenvalue weighted by molar-refractivity contribution is 6.32. The summed E-state index contributed by atoms with van der Waals surface area (Å²) in [5.41, 5.74) is 0.851. The smallest absolute Gasteiger partial charge is 0.306 e. The minimum absolute atomic E-state index is 0.196. The Morgan fingerprint density at radius 3 is 2.67 bits per heavy atom. The quantitative estimate of drug-likeness (QED) is 0.864. The molecule has 1 aliphatic rings. The monoisotopic (exact) mass is 312 g/mol. The number of carboxylic acid groups (broad SMARTS) is 1. The van der Waals surface area contributed by atoms with Crippen LogP contribution in [0.15, 0.2) is 12.1 Å². The molecule has 0 aliphatic heterocycles. The summed E-state index contributed by atoms with van der Waals surface area (Å²) in [5, 5.41) is 9.48. The van der Waals surface area contributed by atoms with Gasteiger partial charge >= 0.3 is 5.97 Å². The molecule has 1 aromatic rings. The van der Waals surface area contributed by atoms with Crippen LogP contribution >= 0.6 is 11.6 Å². The Kier molecular flexibility index (Phi) is 5.34. The highest BCUT2D eigenvalue weighted by Crippen LogP contribution is 2.39. The molecule has 1 N–H and O–H groups in total. The maximum atomic E-state index is 11.0. The second kappa shape index (κ2) is 7.03. The van der Waals surface area contributed by atoms with Crippen molar-refractivity contribution in [3.05, 3.63) is 22.7 Å². The van der Waals surface area contributed by atoms with E-state index >= 15 is 0 Å². The van der Waals surface area contributed by atoms with E-state index in [2.05, 4.69) is 0 Å². The lowest BCUT2D eigenvalue weighted by Crippen LogP contribution is -2.14. The largest absolute Gasteiger partial charge is 0.491 e. The molecular formula is C16H21ClO4. The van der Waals surface area contributed by atoms with Crippen molar-refractivity contribution < 1.29 is 19.4 Å². The Balaban J connectivity index is 2.23. The van der Waals surface area contributed by atoms with Gasteiger partial charge < -0.3 is 14.6 Å². The Labute approximate surface area is 130 Å². The molecule has 1 fully saturated rings. The molecule has 21 heavy (non-hydrogen) atoms. The van der Waals surface area contributed by atoms with Gasteiger partial charge in [0.1, 0.15) is 0 Å². The van der Waals surface area contributed by atoms with Crippen LogP contribution in [-0.4, -0.2) is 24.3 Å². The van der Waals surface area contributed by atoms with Crippen LogP contribution in [0.1, 0.15) is 38.2 Å². The van der Waals surface area contributed by atoms with E-state index in [1.807, 2.05) is 6.07 Å². The molecule has 0 heterocycles. The molecule has 4 nitrogen and oxygen atoms in total. The van der Waals surface area contributed by atoms with Crippen molar-refractivity contribution in [1.82, 2.24) is 0 Å². The molecule has 1 aliphatic carbocycles. The van der Waals surface area contributed by atoms with E-state index in [1.54, 1.807) is 20.1 Å². The number of carboxylic acids is 1. The summed E-state index contributed by atoms with van der Waals surface area (Å²) < 4.78 is 11.3. The zero-order valence-corrected chi connectivity index (χ0v) is 13.2. The van der Waals surface area contributed by atoms with Crippen LogP contribution in [0.25, 0.3) is 0 Å². The first-order valence-electron chi connectivity index (χ1n) is 7.27. The predicted molar refractivity (Wildman–Crippen MR) is 81.4 cm³/mol. The molecule has 1 unspecified atom stereocenters. The zero-order chi connectivity index (χ0) is 15.4. The van der Waals surface area contributed by atoms with Gasteiger partial charge in [0.05, 0.1) is 24.2 Å². The number of rotatable bonds is 6. The van der Waals surface area contributed by atoms with Crippen molar-refractivity contribution in [2.24, 2.45) is 5.92 Å². The average molecular weight is 313 g/mol. The number of ether oxygens (including phenoxy) is 2. The van der Waals surface area contributed by atoms with E-state index < -0.39 is 11.9 Å². The van der Waals surface area contributed by atoms with Gasteiger partial charge in [-0.3, -0.25) is 4.79 Å². The Bertz CT molecular complexity index is 509. The van der Waals surface area contributed by atoms with Gasteiger partial charge in [-0.05, 0) is 49.8 Å². The first-order valence-corrected chi connectivity index (χ1v) is 7.65. The van der Waals surface area contributed by atoms with Crippen molar-refractivity contribution in [3.63, 3.8) is 0 Å². The summed E-state index contributed by atoms with van der Waals surface area (Å²) in [4.78, 5) is 11.0. The van der Waals surface area contributed by atoms with Crippen LogP contribution in [-0.2, 0) is 11.2 Å². The molecule has 0 saturated heterocycles. The molecule has 1 atom stereocenters. The van der Waals surface area contributed by atoms with E-state index in [4.69, 9.17) is 26.2 Å². The second-order valence-corrected chi connectivity index (χ2v) is 5.98. The van der Waals surface area contributed by atoms with Crippen molar-refractivity contribution in [3.8, 4) is 11.5 Å². The normalized spacial score (nSPS) is 16.7. The SMILES string of the molecule is COc1c(Cl)cc(CC(C)C(=O)O)cc1OC1CCCC1. The van der Waals surface area contributed by atoms with Crippen molar-refractivity contribution in [2.45, 2.75) is 45.1 Å². The third kappa shape index (κ3) is 4.03. The number of hydrogen-bond donors (Lipinski definition) is 1. The zero-order valence-electron chi connectivity index (χ0n) is 12.4. The molecule has 2 rings (SSSR count). The lowest BCUT2D eigenvalue weighted by atomic mass is 10.0. The molecule has 1 saturated carbocycles. The number of halogens is 1. The number of aliphatic carboxylic acids is 1. The van der Waals surface area contributed by atoms with Crippen LogP contribution < -0.4 is 9.47 Å². The van der Waals surface area contributed by atoms with Crippen LogP contribution in [0, 0.1) is 5.92 Å². The van der Waals surface area contributed by atoms with Gasteiger partial charge in [0.2, 0.25) is 0 Å². The first kappa shape index (κ1) is 16.0. The van der Waals surface area contributed by atoms with Gasteiger partial charge in [0, 0.05) is 0 Å². The van der Waals surface area contributed by atoms with Gasteiger partial charge in [0.15, 0.2) is 11.5 Å². The Hall–Kier alpha value is -1.42. The lowest BCUT2D eigenvalue weighted by molar-refractivity contribution is -0.141.